The number of rotatable bonds is 2. The van der Waals surface area contributed by atoms with Gasteiger partial charge in [0.15, 0.2) is 0 Å². The largest absolute Gasteiger partial charge is 0.360 e. The number of nitrogens with zero attached hydrogens (tertiary/aromatic N) is 1. The summed E-state index contributed by atoms with van der Waals surface area (Å²) in [6, 6.07) is 27.3. The summed E-state index contributed by atoms with van der Waals surface area (Å²) in [5, 5.41) is 3.54. The molecule has 0 saturated heterocycles. The van der Waals surface area contributed by atoms with Crippen molar-refractivity contribution in [2.75, 3.05) is 5.32 Å². The minimum atomic E-state index is -0.0549. The van der Waals surface area contributed by atoms with Crippen LogP contribution in [0.5, 0.6) is 0 Å². The molecule has 1 heterocycles. The first-order valence-corrected chi connectivity index (χ1v) is 7.87. The minimum Gasteiger partial charge on any atom is -0.360 e. The van der Waals surface area contributed by atoms with Gasteiger partial charge in [0.1, 0.15) is 6.17 Å². The third kappa shape index (κ3) is 2.64. The van der Waals surface area contributed by atoms with Crippen molar-refractivity contribution in [1.82, 2.24) is 0 Å². The van der Waals surface area contributed by atoms with Crippen molar-refractivity contribution in [3.63, 3.8) is 0 Å². The van der Waals surface area contributed by atoms with Crippen LogP contribution in [0.2, 0.25) is 0 Å². The van der Waals surface area contributed by atoms with Crippen molar-refractivity contribution in [3.8, 4) is 0 Å². The van der Waals surface area contributed by atoms with Gasteiger partial charge in [-0.2, -0.15) is 0 Å². The molecule has 0 saturated carbocycles. The number of hydrogen-bond acceptors (Lipinski definition) is 2. The molecular weight excluding hydrogens is 280 g/mol. The number of hydrogen-bond donors (Lipinski definition) is 1. The van der Waals surface area contributed by atoms with Gasteiger partial charge in [0, 0.05) is 16.8 Å². The smallest absolute Gasteiger partial charge is 0.145 e. The molecule has 0 spiro atoms. The van der Waals surface area contributed by atoms with E-state index in [-0.39, 0.29) is 6.17 Å². The van der Waals surface area contributed by atoms with E-state index in [0.717, 1.165) is 22.5 Å². The van der Waals surface area contributed by atoms with Crippen LogP contribution >= 0.6 is 0 Å². The summed E-state index contributed by atoms with van der Waals surface area (Å²) in [5.74, 6) is 0. The molecular formula is C21H18N2. The Labute approximate surface area is 136 Å². The fourth-order valence-electron chi connectivity index (χ4n) is 2.93. The van der Waals surface area contributed by atoms with Crippen molar-refractivity contribution < 1.29 is 0 Å². The molecule has 0 amide bonds. The van der Waals surface area contributed by atoms with Crippen LogP contribution in [-0.4, -0.2) is 5.71 Å². The summed E-state index contributed by atoms with van der Waals surface area (Å²) in [5.41, 5.74) is 6.92. The van der Waals surface area contributed by atoms with E-state index in [9.17, 15) is 0 Å². The average molecular weight is 298 g/mol. The zero-order valence-electron chi connectivity index (χ0n) is 13.0. The van der Waals surface area contributed by atoms with E-state index in [1.165, 1.54) is 11.1 Å². The van der Waals surface area contributed by atoms with Gasteiger partial charge >= 0.3 is 0 Å². The van der Waals surface area contributed by atoms with E-state index in [2.05, 4.69) is 85.0 Å². The molecule has 2 nitrogen and oxygen atoms in total. The van der Waals surface area contributed by atoms with Crippen LogP contribution in [0.4, 0.5) is 5.69 Å². The third-order valence-corrected chi connectivity index (χ3v) is 4.17. The first-order chi connectivity index (χ1) is 11.3. The Morgan fingerprint density at radius 3 is 2.26 bits per heavy atom. The second kappa shape index (κ2) is 5.73. The molecule has 3 aromatic rings. The van der Waals surface area contributed by atoms with Crippen LogP contribution in [-0.2, 0) is 0 Å². The Morgan fingerprint density at radius 2 is 1.48 bits per heavy atom. The van der Waals surface area contributed by atoms with Crippen LogP contribution in [0.3, 0.4) is 0 Å². The highest BCUT2D eigenvalue weighted by Crippen LogP contribution is 2.31. The lowest BCUT2D eigenvalue weighted by molar-refractivity contribution is 0.828. The van der Waals surface area contributed by atoms with Gasteiger partial charge in [-0.1, -0.05) is 78.4 Å². The van der Waals surface area contributed by atoms with Crippen LogP contribution in [0.15, 0.2) is 83.9 Å². The van der Waals surface area contributed by atoms with E-state index in [1.807, 2.05) is 6.07 Å². The molecule has 4 rings (SSSR count). The van der Waals surface area contributed by atoms with Crippen molar-refractivity contribution in [2.24, 2.45) is 4.99 Å². The maximum absolute atomic E-state index is 5.00. The Kier molecular flexibility index (Phi) is 3.43. The predicted molar refractivity (Wildman–Crippen MR) is 96.1 cm³/mol. The van der Waals surface area contributed by atoms with Crippen molar-refractivity contribution in [3.05, 3.63) is 101 Å². The summed E-state index contributed by atoms with van der Waals surface area (Å²) >= 11 is 0. The quantitative estimate of drug-likeness (QED) is 0.710. The van der Waals surface area contributed by atoms with Gasteiger partial charge in [-0.15, -0.1) is 0 Å². The summed E-state index contributed by atoms with van der Waals surface area (Å²) in [4.78, 5) is 5.00. The molecule has 2 heteroatoms. The molecule has 0 fully saturated rings. The van der Waals surface area contributed by atoms with E-state index in [1.54, 1.807) is 0 Å². The molecule has 3 aromatic carbocycles. The van der Waals surface area contributed by atoms with E-state index >= 15 is 0 Å². The molecule has 112 valence electrons. The molecule has 0 aromatic heterocycles. The number of fused-ring (bicyclic) bond motifs is 1. The lowest BCUT2D eigenvalue weighted by Crippen LogP contribution is -2.20. The van der Waals surface area contributed by atoms with Gasteiger partial charge in [-0.05, 0) is 18.6 Å². The highest BCUT2D eigenvalue weighted by atomic mass is 15.1. The van der Waals surface area contributed by atoms with Crippen molar-refractivity contribution in [1.29, 1.82) is 0 Å². The maximum Gasteiger partial charge on any atom is 0.145 e. The van der Waals surface area contributed by atoms with Crippen LogP contribution in [0.25, 0.3) is 0 Å². The molecule has 23 heavy (non-hydrogen) atoms. The number of aliphatic imine (C=N–C) groups is 1. The van der Waals surface area contributed by atoms with Gasteiger partial charge in [0.25, 0.3) is 0 Å². The summed E-state index contributed by atoms with van der Waals surface area (Å²) in [6.45, 7) is 2.10. The predicted octanol–water partition coefficient (Wildman–Crippen LogP) is 4.96. The average Bonchev–Trinajstić information content (AvgIpc) is 2.62. The zero-order chi connectivity index (χ0) is 15.6. The number of anilines is 1. The molecule has 1 aliphatic heterocycles. The lowest BCUT2D eigenvalue weighted by atomic mass is 9.97. The van der Waals surface area contributed by atoms with Gasteiger partial charge in [-0.3, -0.25) is 4.99 Å². The lowest BCUT2D eigenvalue weighted by Gasteiger charge is -2.26. The highest BCUT2D eigenvalue weighted by molar-refractivity contribution is 6.16. The topological polar surface area (TPSA) is 24.4 Å². The van der Waals surface area contributed by atoms with E-state index in [0.29, 0.717) is 0 Å². The zero-order valence-corrected chi connectivity index (χ0v) is 13.0. The first-order valence-electron chi connectivity index (χ1n) is 7.87. The molecule has 0 aliphatic carbocycles. The van der Waals surface area contributed by atoms with E-state index in [4.69, 9.17) is 4.99 Å². The second-order valence-corrected chi connectivity index (χ2v) is 5.85. The fourth-order valence-corrected chi connectivity index (χ4v) is 2.93. The highest BCUT2D eigenvalue weighted by Gasteiger charge is 2.21. The number of para-hydroxylation sites is 1. The molecule has 0 bridgehead atoms. The molecule has 1 N–H and O–H groups in total. The van der Waals surface area contributed by atoms with Crippen LogP contribution in [0.1, 0.15) is 28.4 Å². The standard InChI is InChI=1S/C21H18N2/c1-15-11-13-17(14-12-15)21-22-19-10-6-5-9-18(19)20(23-21)16-7-3-2-4-8-16/h2-14,21-22H,1H3. The Balaban J connectivity index is 1.84. The van der Waals surface area contributed by atoms with E-state index < -0.39 is 0 Å². The van der Waals surface area contributed by atoms with Crippen LogP contribution < -0.4 is 5.32 Å². The van der Waals surface area contributed by atoms with Crippen molar-refractivity contribution >= 4 is 11.4 Å². The summed E-state index contributed by atoms with van der Waals surface area (Å²) < 4.78 is 0. The molecule has 1 atom stereocenters. The monoisotopic (exact) mass is 298 g/mol. The minimum absolute atomic E-state index is 0.0549. The number of benzene rings is 3. The van der Waals surface area contributed by atoms with Gasteiger partial charge in [-0.25, -0.2) is 0 Å². The molecule has 1 aliphatic rings. The first kappa shape index (κ1) is 13.8. The maximum atomic E-state index is 5.00. The van der Waals surface area contributed by atoms with Crippen molar-refractivity contribution in [2.45, 2.75) is 13.1 Å². The summed E-state index contributed by atoms with van der Waals surface area (Å²) in [6.07, 6.45) is -0.0549. The Hall–Kier alpha value is -2.87. The Bertz CT molecular complexity index is 849. The van der Waals surface area contributed by atoms with Gasteiger partial charge in [0.05, 0.1) is 5.71 Å². The number of nitrogens with one attached hydrogen (secondary N) is 1. The van der Waals surface area contributed by atoms with Crippen LogP contribution in [0, 0.1) is 6.92 Å². The summed E-state index contributed by atoms with van der Waals surface area (Å²) in [7, 11) is 0. The molecule has 1 unspecified atom stereocenters. The second-order valence-electron chi connectivity index (χ2n) is 5.85. The SMILES string of the molecule is Cc1ccc(C2N=C(c3ccccc3)c3ccccc3N2)cc1. The third-order valence-electron chi connectivity index (χ3n) is 4.17. The van der Waals surface area contributed by atoms with Gasteiger partial charge in [0.2, 0.25) is 0 Å². The number of aryl methyl sites for hydroxylation is 1. The fraction of sp³-hybridized carbons (Fsp3) is 0.0952. The normalized spacial score (nSPS) is 16.2. The molecule has 0 radical (unpaired) electrons. The van der Waals surface area contributed by atoms with Gasteiger partial charge < -0.3 is 5.32 Å². The Morgan fingerprint density at radius 1 is 0.783 bits per heavy atom.